The van der Waals surface area contributed by atoms with Crippen molar-refractivity contribution in [3.8, 4) is 17.2 Å². The SMILES string of the molecule is N=CCC(=N)c1ccc(Oc2ccc(OCC3CCC(=O)O3)cc2)cc1. The van der Waals surface area contributed by atoms with Crippen molar-refractivity contribution in [3.05, 3.63) is 54.1 Å². The third-order valence-electron chi connectivity index (χ3n) is 3.97. The summed E-state index contributed by atoms with van der Waals surface area (Å²) < 4.78 is 16.5. The van der Waals surface area contributed by atoms with Crippen LogP contribution >= 0.6 is 0 Å². The molecule has 1 atom stereocenters. The molecule has 0 bridgehead atoms. The van der Waals surface area contributed by atoms with Gasteiger partial charge in [0.1, 0.15) is 30.0 Å². The van der Waals surface area contributed by atoms with Crippen molar-refractivity contribution < 1.29 is 19.0 Å². The standard InChI is InChI=1S/C20H20N2O4/c21-12-11-19(22)14-1-3-16(4-2-14)25-17-7-5-15(6-8-17)24-13-18-9-10-20(23)26-18/h1-8,12,18,21-22H,9-11,13H2. The fourth-order valence-corrected chi connectivity index (χ4v) is 2.57. The molecule has 26 heavy (non-hydrogen) atoms. The summed E-state index contributed by atoms with van der Waals surface area (Å²) in [6.07, 6.45) is 2.53. The molecule has 2 aromatic carbocycles. The molecule has 0 saturated carbocycles. The Labute approximate surface area is 151 Å². The molecule has 1 heterocycles. The second-order valence-electron chi connectivity index (χ2n) is 5.95. The van der Waals surface area contributed by atoms with Crippen LogP contribution in [0.5, 0.6) is 17.2 Å². The van der Waals surface area contributed by atoms with E-state index in [1.165, 1.54) is 6.21 Å². The number of hydrogen-bond donors (Lipinski definition) is 2. The zero-order chi connectivity index (χ0) is 18.4. The van der Waals surface area contributed by atoms with Gasteiger partial charge in [-0.05, 0) is 60.5 Å². The van der Waals surface area contributed by atoms with E-state index in [4.69, 9.17) is 25.0 Å². The first-order valence-electron chi connectivity index (χ1n) is 8.41. The van der Waals surface area contributed by atoms with Crippen LogP contribution in [0.4, 0.5) is 0 Å². The first-order chi connectivity index (χ1) is 12.6. The highest BCUT2D eigenvalue weighted by Gasteiger charge is 2.23. The van der Waals surface area contributed by atoms with Crippen LogP contribution in [0, 0.1) is 10.8 Å². The van der Waals surface area contributed by atoms with Gasteiger partial charge in [-0.15, -0.1) is 0 Å². The molecule has 0 amide bonds. The van der Waals surface area contributed by atoms with Gasteiger partial charge in [0.15, 0.2) is 0 Å². The zero-order valence-corrected chi connectivity index (χ0v) is 14.2. The minimum absolute atomic E-state index is 0.164. The van der Waals surface area contributed by atoms with Crippen molar-refractivity contribution in [1.29, 1.82) is 10.8 Å². The minimum Gasteiger partial charge on any atom is -0.490 e. The third kappa shape index (κ3) is 4.69. The van der Waals surface area contributed by atoms with E-state index in [2.05, 4.69) is 0 Å². The highest BCUT2D eigenvalue weighted by atomic mass is 16.6. The smallest absolute Gasteiger partial charge is 0.306 e. The zero-order valence-electron chi connectivity index (χ0n) is 14.2. The van der Waals surface area contributed by atoms with Crippen LogP contribution in [0.1, 0.15) is 24.8 Å². The highest BCUT2D eigenvalue weighted by molar-refractivity contribution is 6.04. The summed E-state index contributed by atoms with van der Waals surface area (Å²) >= 11 is 0. The minimum atomic E-state index is -0.165. The van der Waals surface area contributed by atoms with E-state index in [0.717, 1.165) is 5.56 Å². The van der Waals surface area contributed by atoms with Crippen LogP contribution in [0.15, 0.2) is 48.5 Å². The van der Waals surface area contributed by atoms with Crippen LogP contribution in [-0.2, 0) is 9.53 Å². The largest absolute Gasteiger partial charge is 0.490 e. The molecule has 2 N–H and O–H groups in total. The molecule has 6 heteroatoms. The van der Waals surface area contributed by atoms with E-state index in [9.17, 15) is 4.79 Å². The summed E-state index contributed by atoms with van der Waals surface area (Å²) in [5.41, 5.74) is 1.18. The molecule has 1 aliphatic heterocycles. The van der Waals surface area contributed by atoms with E-state index < -0.39 is 0 Å². The molecule has 1 unspecified atom stereocenters. The molecule has 6 nitrogen and oxygen atoms in total. The second-order valence-corrected chi connectivity index (χ2v) is 5.95. The average Bonchev–Trinajstić information content (AvgIpc) is 3.07. The second kappa shape index (κ2) is 8.29. The first-order valence-corrected chi connectivity index (χ1v) is 8.41. The van der Waals surface area contributed by atoms with Crippen molar-refractivity contribution in [3.63, 3.8) is 0 Å². The summed E-state index contributed by atoms with van der Waals surface area (Å²) in [7, 11) is 0. The van der Waals surface area contributed by atoms with Gasteiger partial charge in [0.25, 0.3) is 0 Å². The third-order valence-corrected chi connectivity index (χ3v) is 3.97. The van der Waals surface area contributed by atoms with Gasteiger partial charge in [-0.2, -0.15) is 0 Å². The lowest BCUT2D eigenvalue weighted by Gasteiger charge is -2.12. The predicted octanol–water partition coefficient (Wildman–Crippen LogP) is 3.97. The number of benzene rings is 2. The number of carbonyl (C=O) groups excluding carboxylic acids is 1. The first kappa shape index (κ1) is 17.7. The Bertz CT molecular complexity index is 784. The average molecular weight is 352 g/mol. The molecule has 0 aliphatic carbocycles. The van der Waals surface area contributed by atoms with Gasteiger partial charge in [-0.25, -0.2) is 0 Å². The molecule has 1 fully saturated rings. The normalized spacial score (nSPS) is 16.0. The van der Waals surface area contributed by atoms with Gasteiger partial charge in [-0.3, -0.25) is 4.79 Å². The maximum absolute atomic E-state index is 11.1. The van der Waals surface area contributed by atoms with E-state index in [0.29, 0.717) is 48.8 Å². The van der Waals surface area contributed by atoms with E-state index >= 15 is 0 Å². The Morgan fingerprint density at radius 3 is 2.27 bits per heavy atom. The topological polar surface area (TPSA) is 92.5 Å². The molecule has 134 valence electrons. The molecule has 0 spiro atoms. The van der Waals surface area contributed by atoms with Gasteiger partial charge in [-0.1, -0.05) is 0 Å². The molecular weight excluding hydrogens is 332 g/mol. The van der Waals surface area contributed by atoms with Crippen molar-refractivity contribution in [1.82, 2.24) is 0 Å². The van der Waals surface area contributed by atoms with Crippen LogP contribution in [0.2, 0.25) is 0 Å². The lowest BCUT2D eigenvalue weighted by atomic mass is 10.1. The number of hydrogen-bond acceptors (Lipinski definition) is 6. The number of ether oxygens (including phenoxy) is 3. The maximum atomic E-state index is 11.1. The Kier molecular flexibility index (Phi) is 5.63. The van der Waals surface area contributed by atoms with Crippen LogP contribution < -0.4 is 9.47 Å². The molecule has 0 aromatic heterocycles. The quantitative estimate of drug-likeness (QED) is 0.555. The van der Waals surface area contributed by atoms with Gasteiger partial charge >= 0.3 is 5.97 Å². The number of rotatable bonds is 8. The highest BCUT2D eigenvalue weighted by Crippen LogP contribution is 2.25. The molecule has 1 aliphatic rings. The van der Waals surface area contributed by atoms with Crippen LogP contribution in [0.3, 0.4) is 0 Å². The van der Waals surface area contributed by atoms with Gasteiger partial charge in [0.05, 0.1) is 0 Å². The number of carbonyl (C=O) groups is 1. The lowest BCUT2D eigenvalue weighted by Crippen LogP contribution is -2.17. The van der Waals surface area contributed by atoms with E-state index in [1.807, 2.05) is 12.1 Å². The number of cyclic esters (lactones) is 1. The Hall–Kier alpha value is -3.15. The fourth-order valence-electron chi connectivity index (χ4n) is 2.57. The van der Waals surface area contributed by atoms with Crippen LogP contribution in [0.25, 0.3) is 0 Å². The monoisotopic (exact) mass is 352 g/mol. The molecule has 3 rings (SSSR count). The predicted molar refractivity (Wildman–Crippen MR) is 97.8 cm³/mol. The summed E-state index contributed by atoms with van der Waals surface area (Å²) in [6.45, 7) is 0.356. The van der Waals surface area contributed by atoms with Gasteiger partial charge < -0.3 is 25.0 Å². The molecule has 1 saturated heterocycles. The molecule has 0 radical (unpaired) electrons. The summed E-state index contributed by atoms with van der Waals surface area (Å²) in [6, 6.07) is 14.4. The Morgan fingerprint density at radius 1 is 1.08 bits per heavy atom. The number of esters is 1. The fraction of sp³-hybridized carbons (Fsp3) is 0.250. The summed E-state index contributed by atoms with van der Waals surface area (Å²) in [5, 5.41) is 14.9. The van der Waals surface area contributed by atoms with E-state index in [1.54, 1.807) is 36.4 Å². The van der Waals surface area contributed by atoms with Gasteiger partial charge in [0, 0.05) is 24.8 Å². The molecule has 2 aromatic rings. The van der Waals surface area contributed by atoms with Crippen molar-refractivity contribution in [2.75, 3.05) is 6.61 Å². The summed E-state index contributed by atoms with van der Waals surface area (Å²) in [4.78, 5) is 11.1. The number of nitrogens with one attached hydrogen (secondary N) is 2. The van der Waals surface area contributed by atoms with Crippen molar-refractivity contribution >= 4 is 17.9 Å². The van der Waals surface area contributed by atoms with Crippen LogP contribution in [-0.4, -0.2) is 30.6 Å². The van der Waals surface area contributed by atoms with Gasteiger partial charge in [0.2, 0.25) is 0 Å². The molecular formula is C20H20N2O4. The van der Waals surface area contributed by atoms with E-state index in [-0.39, 0.29) is 12.1 Å². The van der Waals surface area contributed by atoms with Crippen molar-refractivity contribution in [2.45, 2.75) is 25.4 Å². The lowest BCUT2D eigenvalue weighted by molar-refractivity contribution is -0.142. The summed E-state index contributed by atoms with van der Waals surface area (Å²) in [5.74, 6) is 1.87. The maximum Gasteiger partial charge on any atom is 0.306 e. The Morgan fingerprint density at radius 2 is 1.69 bits per heavy atom. The van der Waals surface area contributed by atoms with Crippen molar-refractivity contribution in [2.24, 2.45) is 0 Å². The Balaban J connectivity index is 1.53.